The van der Waals surface area contributed by atoms with Crippen LogP contribution in [0.5, 0.6) is 0 Å². The van der Waals surface area contributed by atoms with Crippen molar-refractivity contribution < 1.29 is 9.21 Å². The highest BCUT2D eigenvalue weighted by Crippen LogP contribution is 2.24. The number of halogens is 1. The maximum absolute atomic E-state index is 12.2. The monoisotopic (exact) mass is 353 g/mol. The molecule has 1 aromatic heterocycles. The fourth-order valence-corrected chi connectivity index (χ4v) is 2.73. The third-order valence-electron chi connectivity index (χ3n) is 4.06. The Morgan fingerprint density at radius 2 is 1.80 bits per heavy atom. The van der Waals surface area contributed by atoms with Crippen LogP contribution in [0.4, 0.5) is 5.69 Å². The lowest BCUT2D eigenvalue weighted by Gasteiger charge is -2.09. The standard InChI is InChI=1S/C21H20ClNO2/c1-14-3-4-15(2)19(13-14)23-21(24)12-10-18-9-11-20(25-18)16-5-7-17(22)8-6-16/h3-9,11,13H,10,12H2,1-2H3,(H,23,24). The average molecular weight is 354 g/mol. The molecule has 0 aliphatic heterocycles. The summed E-state index contributed by atoms with van der Waals surface area (Å²) in [6, 6.07) is 17.3. The number of anilines is 1. The van der Waals surface area contributed by atoms with Crippen molar-refractivity contribution in [3.05, 3.63) is 76.5 Å². The first kappa shape index (κ1) is 17.3. The summed E-state index contributed by atoms with van der Waals surface area (Å²) in [6.07, 6.45) is 0.936. The molecule has 0 atom stereocenters. The highest BCUT2D eigenvalue weighted by Gasteiger charge is 2.09. The lowest BCUT2D eigenvalue weighted by Crippen LogP contribution is -2.13. The van der Waals surface area contributed by atoms with Crippen LogP contribution in [-0.4, -0.2) is 5.91 Å². The maximum Gasteiger partial charge on any atom is 0.224 e. The summed E-state index contributed by atoms with van der Waals surface area (Å²) in [5.74, 6) is 1.56. The Morgan fingerprint density at radius 3 is 2.56 bits per heavy atom. The Hall–Kier alpha value is -2.52. The van der Waals surface area contributed by atoms with Crippen LogP contribution in [0.1, 0.15) is 23.3 Å². The molecule has 3 aromatic rings. The first-order valence-electron chi connectivity index (χ1n) is 8.23. The first-order chi connectivity index (χ1) is 12.0. The van der Waals surface area contributed by atoms with E-state index in [1.165, 1.54) is 0 Å². The second-order valence-corrected chi connectivity index (χ2v) is 6.58. The van der Waals surface area contributed by atoms with Gasteiger partial charge in [-0.2, -0.15) is 0 Å². The quantitative estimate of drug-likeness (QED) is 0.631. The van der Waals surface area contributed by atoms with E-state index in [0.717, 1.165) is 33.9 Å². The molecule has 0 spiro atoms. The molecule has 0 aliphatic carbocycles. The molecule has 25 heavy (non-hydrogen) atoms. The lowest BCUT2D eigenvalue weighted by atomic mass is 10.1. The maximum atomic E-state index is 12.2. The van der Waals surface area contributed by atoms with Crippen molar-refractivity contribution >= 4 is 23.2 Å². The Morgan fingerprint density at radius 1 is 1.04 bits per heavy atom. The number of carbonyl (C=O) groups is 1. The van der Waals surface area contributed by atoms with Gasteiger partial charge in [0.2, 0.25) is 5.91 Å². The van der Waals surface area contributed by atoms with E-state index in [1.54, 1.807) is 0 Å². The predicted octanol–water partition coefficient (Wildman–Crippen LogP) is 5.79. The number of benzene rings is 2. The van der Waals surface area contributed by atoms with Crippen molar-refractivity contribution in [3.8, 4) is 11.3 Å². The molecule has 2 aromatic carbocycles. The van der Waals surface area contributed by atoms with Gasteiger partial charge < -0.3 is 9.73 Å². The van der Waals surface area contributed by atoms with Gasteiger partial charge in [0.15, 0.2) is 0 Å². The first-order valence-corrected chi connectivity index (χ1v) is 8.61. The number of hydrogen-bond donors (Lipinski definition) is 1. The molecule has 0 bridgehead atoms. The van der Waals surface area contributed by atoms with E-state index < -0.39 is 0 Å². The Bertz CT molecular complexity index is 881. The Kier molecular flexibility index (Phi) is 5.25. The molecule has 0 radical (unpaired) electrons. The zero-order valence-electron chi connectivity index (χ0n) is 14.3. The number of furan rings is 1. The van der Waals surface area contributed by atoms with Crippen LogP contribution >= 0.6 is 11.6 Å². The molecule has 3 rings (SSSR count). The molecule has 3 nitrogen and oxygen atoms in total. The SMILES string of the molecule is Cc1ccc(C)c(NC(=O)CCc2ccc(-c3ccc(Cl)cc3)o2)c1. The van der Waals surface area contributed by atoms with Gasteiger partial charge in [0, 0.05) is 29.1 Å². The molecule has 0 saturated carbocycles. The minimum absolute atomic E-state index is 0.0156. The molecule has 0 unspecified atom stereocenters. The normalized spacial score (nSPS) is 10.7. The average Bonchev–Trinajstić information content (AvgIpc) is 3.06. The summed E-state index contributed by atoms with van der Waals surface area (Å²) < 4.78 is 5.83. The molecule has 0 fully saturated rings. The van der Waals surface area contributed by atoms with Gasteiger partial charge in [-0.3, -0.25) is 4.79 Å². The summed E-state index contributed by atoms with van der Waals surface area (Å²) >= 11 is 5.90. The molecule has 1 heterocycles. The topological polar surface area (TPSA) is 42.2 Å². The third-order valence-corrected chi connectivity index (χ3v) is 4.31. The van der Waals surface area contributed by atoms with Crippen molar-refractivity contribution in [1.29, 1.82) is 0 Å². The van der Waals surface area contributed by atoms with Gasteiger partial charge in [-0.25, -0.2) is 0 Å². The van der Waals surface area contributed by atoms with E-state index in [0.29, 0.717) is 17.9 Å². The minimum atomic E-state index is -0.0156. The van der Waals surface area contributed by atoms with Crippen molar-refractivity contribution in [2.45, 2.75) is 26.7 Å². The smallest absolute Gasteiger partial charge is 0.224 e. The summed E-state index contributed by atoms with van der Waals surface area (Å²) in [7, 11) is 0. The Labute approximate surface area is 152 Å². The van der Waals surface area contributed by atoms with Crippen molar-refractivity contribution in [2.75, 3.05) is 5.32 Å². The highest BCUT2D eigenvalue weighted by molar-refractivity contribution is 6.30. The van der Waals surface area contributed by atoms with Crippen molar-refractivity contribution in [3.63, 3.8) is 0 Å². The van der Waals surface area contributed by atoms with E-state index in [2.05, 4.69) is 5.32 Å². The minimum Gasteiger partial charge on any atom is -0.461 e. The fraction of sp³-hybridized carbons (Fsp3) is 0.190. The van der Waals surface area contributed by atoms with E-state index in [9.17, 15) is 4.79 Å². The molecule has 0 saturated heterocycles. The van der Waals surface area contributed by atoms with Gasteiger partial charge in [-0.15, -0.1) is 0 Å². The molecule has 4 heteroatoms. The van der Waals surface area contributed by atoms with Crippen LogP contribution in [0.15, 0.2) is 59.0 Å². The van der Waals surface area contributed by atoms with Crippen LogP contribution < -0.4 is 5.32 Å². The zero-order valence-corrected chi connectivity index (χ0v) is 15.1. The van der Waals surface area contributed by atoms with Gasteiger partial charge in [0.25, 0.3) is 0 Å². The predicted molar refractivity (Wildman–Crippen MR) is 102 cm³/mol. The number of rotatable bonds is 5. The Balaban J connectivity index is 1.59. The van der Waals surface area contributed by atoms with Crippen LogP contribution in [0.2, 0.25) is 5.02 Å². The summed E-state index contributed by atoms with van der Waals surface area (Å²) in [5.41, 5.74) is 4.02. The van der Waals surface area contributed by atoms with Gasteiger partial charge >= 0.3 is 0 Å². The molecule has 128 valence electrons. The zero-order chi connectivity index (χ0) is 17.8. The van der Waals surface area contributed by atoms with Crippen LogP contribution in [0.25, 0.3) is 11.3 Å². The van der Waals surface area contributed by atoms with E-state index in [4.69, 9.17) is 16.0 Å². The largest absolute Gasteiger partial charge is 0.461 e. The van der Waals surface area contributed by atoms with Gasteiger partial charge in [-0.1, -0.05) is 23.7 Å². The van der Waals surface area contributed by atoms with Gasteiger partial charge in [0.1, 0.15) is 11.5 Å². The number of carbonyl (C=O) groups excluding carboxylic acids is 1. The van der Waals surface area contributed by atoms with Crippen molar-refractivity contribution in [2.24, 2.45) is 0 Å². The fourth-order valence-electron chi connectivity index (χ4n) is 2.60. The summed E-state index contributed by atoms with van der Waals surface area (Å²) in [6.45, 7) is 4.00. The van der Waals surface area contributed by atoms with Gasteiger partial charge in [0.05, 0.1) is 0 Å². The number of amides is 1. The van der Waals surface area contributed by atoms with Gasteiger partial charge in [-0.05, 0) is 67.4 Å². The second-order valence-electron chi connectivity index (χ2n) is 6.14. The van der Waals surface area contributed by atoms with Crippen molar-refractivity contribution in [1.82, 2.24) is 0 Å². The highest BCUT2D eigenvalue weighted by atomic mass is 35.5. The summed E-state index contributed by atoms with van der Waals surface area (Å²) in [5, 5.41) is 3.66. The molecule has 0 aliphatic rings. The third kappa shape index (κ3) is 4.52. The molecule has 1 amide bonds. The molecular weight excluding hydrogens is 334 g/mol. The van der Waals surface area contributed by atoms with E-state index >= 15 is 0 Å². The lowest BCUT2D eigenvalue weighted by molar-refractivity contribution is -0.116. The van der Waals surface area contributed by atoms with Crippen LogP contribution in [0, 0.1) is 13.8 Å². The van der Waals surface area contributed by atoms with Crippen LogP contribution in [0.3, 0.4) is 0 Å². The van der Waals surface area contributed by atoms with Crippen LogP contribution in [-0.2, 0) is 11.2 Å². The number of hydrogen-bond acceptors (Lipinski definition) is 2. The summed E-state index contributed by atoms with van der Waals surface area (Å²) in [4.78, 5) is 12.2. The molecular formula is C21H20ClNO2. The number of aryl methyl sites for hydroxylation is 3. The molecule has 1 N–H and O–H groups in total. The number of nitrogens with one attached hydrogen (secondary N) is 1. The van der Waals surface area contributed by atoms with E-state index in [-0.39, 0.29) is 5.91 Å². The van der Waals surface area contributed by atoms with E-state index in [1.807, 2.05) is 68.4 Å². The second kappa shape index (κ2) is 7.58.